The van der Waals surface area contributed by atoms with Crippen LogP contribution in [0.25, 0.3) is 10.9 Å². The Hall–Kier alpha value is -1.44. The maximum absolute atomic E-state index is 9.38. The lowest BCUT2D eigenvalue weighted by Gasteiger charge is -2.04. The summed E-state index contributed by atoms with van der Waals surface area (Å²) in [5.41, 5.74) is 2.39. The van der Waals surface area contributed by atoms with E-state index in [-0.39, 0.29) is 0 Å². The van der Waals surface area contributed by atoms with E-state index in [1.165, 1.54) is 36.8 Å². The van der Waals surface area contributed by atoms with Gasteiger partial charge in [0, 0.05) is 17.3 Å². The monoisotopic (exact) mass is 201 g/mol. The lowest BCUT2D eigenvalue weighted by molar-refractivity contribution is 0.476. The molecular formula is C13H15NO. The van der Waals surface area contributed by atoms with Gasteiger partial charge in [0.05, 0.1) is 0 Å². The molecule has 0 atom stereocenters. The lowest BCUT2D eigenvalue weighted by atomic mass is 10.0. The zero-order chi connectivity index (χ0) is 10.3. The van der Waals surface area contributed by atoms with Crippen molar-refractivity contribution < 1.29 is 5.11 Å². The number of aromatic amines is 1. The Labute approximate surface area is 88.9 Å². The van der Waals surface area contributed by atoms with E-state index in [0.29, 0.717) is 11.7 Å². The van der Waals surface area contributed by atoms with Gasteiger partial charge in [0.2, 0.25) is 0 Å². The summed E-state index contributed by atoms with van der Waals surface area (Å²) in [6.07, 6.45) is 5.31. The predicted octanol–water partition coefficient (Wildman–Crippen LogP) is 3.53. The van der Waals surface area contributed by atoms with Gasteiger partial charge in [-0.05, 0) is 42.3 Å². The molecule has 78 valence electrons. The first-order valence-corrected chi connectivity index (χ1v) is 5.64. The smallest absolute Gasteiger partial charge is 0.117 e. The van der Waals surface area contributed by atoms with Crippen LogP contribution in [0.5, 0.6) is 5.75 Å². The molecular weight excluding hydrogens is 186 g/mol. The number of nitrogens with one attached hydrogen (secondary N) is 1. The van der Waals surface area contributed by atoms with Gasteiger partial charge in [0.1, 0.15) is 5.75 Å². The number of hydrogen-bond acceptors (Lipinski definition) is 1. The fraction of sp³-hybridized carbons (Fsp3) is 0.385. The van der Waals surface area contributed by atoms with Gasteiger partial charge in [-0.15, -0.1) is 0 Å². The van der Waals surface area contributed by atoms with Crippen molar-refractivity contribution >= 4 is 10.9 Å². The average molecular weight is 201 g/mol. The maximum atomic E-state index is 9.38. The van der Waals surface area contributed by atoms with E-state index in [1.54, 1.807) is 12.1 Å². The second kappa shape index (κ2) is 3.30. The van der Waals surface area contributed by atoms with E-state index >= 15 is 0 Å². The second-order valence-electron chi connectivity index (χ2n) is 4.48. The summed E-state index contributed by atoms with van der Waals surface area (Å²) in [6, 6.07) is 7.74. The van der Waals surface area contributed by atoms with Gasteiger partial charge in [-0.3, -0.25) is 0 Å². The van der Waals surface area contributed by atoms with Crippen LogP contribution in [0.1, 0.15) is 37.3 Å². The molecule has 1 aliphatic rings. The second-order valence-corrected chi connectivity index (χ2v) is 4.48. The van der Waals surface area contributed by atoms with Crippen molar-refractivity contribution in [3.05, 3.63) is 30.0 Å². The topological polar surface area (TPSA) is 36.0 Å². The van der Waals surface area contributed by atoms with Crippen LogP contribution in [0, 0.1) is 0 Å². The number of benzene rings is 1. The van der Waals surface area contributed by atoms with Crippen molar-refractivity contribution in [2.45, 2.75) is 31.6 Å². The number of phenolic OH excluding ortho intramolecular Hbond substituents is 1. The zero-order valence-electron chi connectivity index (χ0n) is 8.66. The van der Waals surface area contributed by atoms with Gasteiger partial charge >= 0.3 is 0 Å². The Morgan fingerprint density at radius 1 is 1.13 bits per heavy atom. The summed E-state index contributed by atoms with van der Waals surface area (Å²) in [5.74, 6) is 1.04. The molecule has 2 nitrogen and oxygen atoms in total. The lowest BCUT2D eigenvalue weighted by Crippen LogP contribution is -1.90. The first kappa shape index (κ1) is 8.84. The summed E-state index contributed by atoms with van der Waals surface area (Å²) in [4.78, 5) is 3.42. The summed E-state index contributed by atoms with van der Waals surface area (Å²) >= 11 is 0. The number of rotatable bonds is 1. The molecule has 0 unspecified atom stereocenters. The number of H-pyrrole nitrogens is 1. The number of aromatic nitrogens is 1. The summed E-state index contributed by atoms with van der Waals surface area (Å²) in [5, 5.41) is 10.6. The third-order valence-electron chi connectivity index (χ3n) is 3.42. The maximum Gasteiger partial charge on any atom is 0.117 e. The first-order chi connectivity index (χ1) is 7.33. The highest BCUT2D eigenvalue weighted by Crippen LogP contribution is 2.35. The SMILES string of the molecule is Oc1ccc2cc(C3CCCC3)[nH]c2c1. The number of fused-ring (bicyclic) bond motifs is 1. The molecule has 1 aliphatic carbocycles. The molecule has 0 amide bonds. The molecule has 2 N–H and O–H groups in total. The fourth-order valence-electron chi connectivity index (χ4n) is 2.59. The van der Waals surface area contributed by atoms with Crippen LogP contribution < -0.4 is 0 Å². The van der Waals surface area contributed by atoms with E-state index < -0.39 is 0 Å². The Morgan fingerprint density at radius 3 is 2.73 bits per heavy atom. The molecule has 0 radical (unpaired) electrons. The van der Waals surface area contributed by atoms with Crippen molar-refractivity contribution in [2.24, 2.45) is 0 Å². The number of phenols is 1. The minimum Gasteiger partial charge on any atom is -0.508 e. The van der Waals surface area contributed by atoms with E-state index in [2.05, 4.69) is 11.1 Å². The molecule has 1 heterocycles. The van der Waals surface area contributed by atoms with Crippen LogP contribution in [-0.4, -0.2) is 10.1 Å². The molecule has 1 fully saturated rings. The largest absolute Gasteiger partial charge is 0.508 e. The summed E-state index contributed by atoms with van der Waals surface area (Å²) in [6.45, 7) is 0. The predicted molar refractivity (Wildman–Crippen MR) is 61.2 cm³/mol. The Bertz CT molecular complexity index is 480. The normalized spacial score (nSPS) is 17.6. The van der Waals surface area contributed by atoms with Gasteiger partial charge in [0.15, 0.2) is 0 Å². The molecule has 0 saturated heterocycles. The van der Waals surface area contributed by atoms with Crippen LogP contribution >= 0.6 is 0 Å². The van der Waals surface area contributed by atoms with Gasteiger partial charge in [0.25, 0.3) is 0 Å². The van der Waals surface area contributed by atoms with Crippen LogP contribution in [0.3, 0.4) is 0 Å². The average Bonchev–Trinajstić information content (AvgIpc) is 2.84. The van der Waals surface area contributed by atoms with Crippen LogP contribution in [-0.2, 0) is 0 Å². The summed E-state index contributed by atoms with van der Waals surface area (Å²) < 4.78 is 0. The Kier molecular flexibility index (Phi) is 1.94. The highest BCUT2D eigenvalue weighted by atomic mass is 16.3. The first-order valence-electron chi connectivity index (χ1n) is 5.64. The van der Waals surface area contributed by atoms with Crippen molar-refractivity contribution in [3.63, 3.8) is 0 Å². The van der Waals surface area contributed by atoms with Crippen molar-refractivity contribution in [2.75, 3.05) is 0 Å². The number of aromatic hydroxyl groups is 1. The van der Waals surface area contributed by atoms with Gasteiger partial charge in [-0.1, -0.05) is 12.8 Å². The third-order valence-corrected chi connectivity index (χ3v) is 3.42. The van der Waals surface area contributed by atoms with Crippen molar-refractivity contribution in [1.29, 1.82) is 0 Å². The van der Waals surface area contributed by atoms with E-state index in [1.807, 2.05) is 6.07 Å². The molecule has 2 heteroatoms. The minimum absolute atomic E-state index is 0.335. The standard InChI is InChI=1S/C13H15NO/c15-11-6-5-10-7-12(14-13(10)8-11)9-3-1-2-4-9/h5-9,14-15H,1-4H2. The van der Waals surface area contributed by atoms with Gasteiger partial charge in [-0.2, -0.15) is 0 Å². The Balaban J connectivity index is 2.05. The zero-order valence-corrected chi connectivity index (χ0v) is 8.66. The molecule has 1 aromatic carbocycles. The Morgan fingerprint density at radius 2 is 1.93 bits per heavy atom. The fourth-order valence-corrected chi connectivity index (χ4v) is 2.59. The third kappa shape index (κ3) is 1.50. The molecule has 1 saturated carbocycles. The van der Waals surface area contributed by atoms with E-state index in [0.717, 1.165) is 5.52 Å². The van der Waals surface area contributed by atoms with Crippen molar-refractivity contribution in [1.82, 2.24) is 4.98 Å². The van der Waals surface area contributed by atoms with Crippen LogP contribution in [0.15, 0.2) is 24.3 Å². The van der Waals surface area contributed by atoms with Crippen molar-refractivity contribution in [3.8, 4) is 5.75 Å². The molecule has 0 spiro atoms. The van der Waals surface area contributed by atoms with Crippen LogP contribution in [0.4, 0.5) is 0 Å². The van der Waals surface area contributed by atoms with E-state index in [9.17, 15) is 5.11 Å². The molecule has 3 rings (SSSR count). The molecule has 15 heavy (non-hydrogen) atoms. The summed E-state index contributed by atoms with van der Waals surface area (Å²) in [7, 11) is 0. The minimum atomic E-state index is 0.335. The quantitative estimate of drug-likeness (QED) is 0.727. The molecule has 1 aromatic heterocycles. The highest BCUT2D eigenvalue weighted by Gasteiger charge is 2.18. The highest BCUT2D eigenvalue weighted by molar-refractivity contribution is 5.81. The van der Waals surface area contributed by atoms with Crippen LogP contribution in [0.2, 0.25) is 0 Å². The van der Waals surface area contributed by atoms with Gasteiger partial charge in [-0.25, -0.2) is 0 Å². The number of hydrogen-bond donors (Lipinski definition) is 2. The molecule has 0 bridgehead atoms. The molecule has 2 aromatic rings. The van der Waals surface area contributed by atoms with Gasteiger partial charge < -0.3 is 10.1 Å². The van der Waals surface area contributed by atoms with E-state index in [4.69, 9.17) is 0 Å². The molecule has 0 aliphatic heterocycles.